The summed E-state index contributed by atoms with van der Waals surface area (Å²) < 4.78 is 0. The summed E-state index contributed by atoms with van der Waals surface area (Å²) in [6, 6.07) is 0.267. The van der Waals surface area contributed by atoms with Crippen LogP contribution in [-0.2, 0) is 0 Å². The van der Waals surface area contributed by atoms with Gasteiger partial charge in [0.25, 0.3) is 0 Å². The molecule has 2 unspecified atom stereocenters. The Kier molecular flexibility index (Phi) is 3.54. The van der Waals surface area contributed by atoms with Gasteiger partial charge in [0.1, 0.15) is 0 Å². The Labute approximate surface area is 79.5 Å². The van der Waals surface area contributed by atoms with E-state index in [2.05, 4.69) is 5.32 Å². The lowest BCUT2D eigenvalue weighted by Gasteiger charge is -2.30. The standard InChI is InChI=1S/C9H19N3O/c1-12(2)9(13)11-8-6-4-3-5-7(8)10/h7-8H,3-6,10H2,1-2H3,(H,11,13). The highest BCUT2D eigenvalue weighted by molar-refractivity contribution is 5.73. The van der Waals surface area contributed by atoms with E-state index in [1.54, 1.807) is 19.0 Å². The molecule has 0 saturated heterocycles. The molecular formula is C9H19N3O. The number of hydrogen-bond donors (Lipinski definition) is 2. The summed E-state index contributed by atoms with van der Waals surface area (Å²) in [5, 5.41) is 2.93. The van der Waals surface area contributed by atoms with Crippen molar-refractivity contribution in [1.29, 1.82) is 0 Å². The Morgan fingerprint density at radius 3 is 2.54 bits per heavy atom. The van der Waals surface area contributed by atoms with Crippen LogP contribution >= 0.6 is 0 Å². The number of carbonyl (C=O) groups excluding carboxylic acids is 1. The number of amides is 2. The Morgan fingerprint density at radius 2 is 2.00 bits per heavy atom. The van der Waals surface area contributed by atoms with Crippen LogP contribution in [0.5, 0.6) is 0 Å². The molecule has 4 nitrogen and oxygen atoms in total. The van der Waals surface area contributed by atoms with Crippen molar-refractivity contribution in [2.24, 2.45) is 5.73 Å². The molecule has 1 aliphatic rings. The van der Waals surface area contributed by atoms with Gasteiger partial charge in [-0.1, -0.05) is 12.8 Å². The third kappa shape index (κ3) is 2.88. The van der Waals surface area contributed by atoms with Crippen molar-refractivity contribution in [2.75, 3.05) is 14.1 Å². The van der Waals surface area contributed by atoms with Gasteiger partial charge in [0.2, 0.25) is 0 Å². The molecule has 76 valence electrons. The fourth-order valence-electron chi connectivity index (χ4n) is 1.63. The first-order valence-electron chi connectivity index (χ1n) is 4.84. The first-order valence-corrected chi connectivity index (χ1v) is 4.84. The van der Waals surface area contributed by atoms with E-state index in [1.165, 1.54) is 12.8 Å². The lowest BCUT2D eigenvalue weighted by atomic mass is 9.91. The fraction of sp³-hybridized carbons (Fsp3) is 0.889. The molecule has 0 heterocycles. The molecule has 0 spiro atoms. The van der Waals surface area contributed by atoms with Crippen LogP contribution in [0.15, 0.2) is 0 Å². The molecule has 1 fully saturated rings. The molecule has 0 bridgehead atoms. The molecule has 3 N–H and O–H groups in total. The van der Waals surface area contributed by atoms with Crippen molar-refractivity contribution < 1.29 is 4.79 Å². The summed E-state index contributed by atoms with van der Waals surface area (Å²) in [5.74, 6) is 0. The molecule has 0 aliphatic heterocycles. The molecule has 13 heavy (non-hydrogen) atoms. The summed E-state index contributed by atoms with van der Waals surface area (Å²) in [7, 11) is 3.48. The molecule has 1 saturated carbocycles. The summed E-state index contributed by atoms with van der Waals surface area (Å²) in [6.45, 7) is 0. The number of hydrogen-bond acceptors (Lipinski definition) is 2. The number of urea groups is 1. The van der Waals surface area contributed by atoms with E-state index in [0.717, 1.165) is 12.8 Å². The van der Waals surface area contributed by atoms with Gasteiger partial charge in [-0.3, -0.25) is 0 Å². The third-order valence-electron chi connectivity index (χ3n) is 2.53. The van der Waals surface area contributed by atoms with E-state index in [4.69, 9.17) is 5.73 Å². The summed E-state index contributed by atoms with van der Waals surface area (Å²) in [4.78, 5) is 12.9. The minimum Gasteiger partial charge on any atom is -0.334 e. The van der Waals surface area contributed by atoms with Gasteiger partial charge in [0.05, 0.1) is 0 Å². The van der Waals surface area contributed by atoms with Crippen molar-refractivity contribution in [1.82, 2.24) is 10.2 Å². The Bertz CT molecular complexity index is 182. The average Bonchev–Trinajstić information content (AvgIpc) is 2.08. The Hall–Kier alpha value is -0.770. The van der Waals surface area contributed by atoms with Gasteiger partial charge in [-0.15, -0.1) is 0 Å². The second-order valence-corrected chi connectivity index (χ2v) is 3.90. The molecule has 1 aliphatic carbocycles. The van der Waals surface area contributed by atoms with Crippen LogP contribution in [0.25, 0.3) is 0 Å². The lowest BCUT2D eigenvalue weighted by Crippen LogP contribution is -2.51. The monoisotopic (exact) mass is 185 g/mol. The Morgan fingerprint density at radius 1 is 1.38 bits per heavy atom. The number of nitrogens with two attached hydrogens (primary N) is 1. The topological polar surface area (TPSA) is 58.4 Å². The molecule has 2 amide bonds. The molecule has 0 aromatic heterocycles. The van der Waals surface area contributed by atoms with Gasteiger partial charge >= 0.3 is 6.03 Å². The summed E-state index contributed by atoms with van der Waals surface area (Å²) in [6.07, 6.45) is 4.40. The third-order valence-corrected chi connectivity index (χ3v) is 2.53. The van der Waals surface area contributed by atoms with Crippen LogP contribution in [0, 0.1) is 0 Å². The van der Waals surface area contributed by atoms with Crippen molar-refractivity contribution in [3.05, 3.63) is 0 Å². The minimum atomic E-state index is -0.0395. The fourth-order valence-corrected chi connectivity index (χ4v) is 1.63. The number of rotatable bonds is 1. The minimum absolute atomic E-state index is 0.0395. The largest absolute Gasteiger partial charge is 0.334 e. The van der Waals surface area contributed by atoms with Gasteiger partial charge in [-0.05, 0) is 12.8 Å². The zero-order chi connectivity index (χ0) is 9.84. The average molecular weight is 185 g/mol. The van der Waals surface area contributed by atoms with Gasteiger partial charge in [0.15, 0.2) is 0 Å². The van der Waals surface area contributed by atoms with Gasteiger partial charge in [-0.25, -0.2) is 4.79 Å². The van der Waals surface area contributed by atoms with Crippen LogP contribution in [-0.4, -0.2) is 37.1 Å². The number of nitrogens with one attached hydrogen (secondary N) is 1. The number of carbonyl (C=O) groups is 1. The van der Waals surface area contributed by atoms with Crippen molar-refractivity contribution in [2.45, 2.75) is 37.8 Å². The summed E-state index contributed by atoms with van der Waals surface area (Å²) >= 11 is 0. The second kappa shape index (κ2) is 4.46. The van der Waals surface area contributed by atoms with Gasteiger partial charge < -0.3 is 16.0 Å². The van der Waals surface area contributed by atoms with Crippen LogP contribution in [0.1, 0.15) is 25.7 Å². The SMILES string of the molecule is CN(C)C(=O)NC1CCCCC1N. The van der Waals surface area contributed by atoms with E-state index in [0.29, 0.717) is 0 Å². The maximum atomic E-state index is 11.3. The molecule has 0 radical (unpaired) electrons. The van der Waals surface area contributed by atoms with Crippen molar-refractivity contribution in [3.63, 3.8) is 0 Å². The predicted octanol–water partition coefficient (Wildman–Crippen LogP) is 0.527. The zero-order valence-electron chi connectivity index (χ0n) is 8.42. The maximum Gasteiger partial charge on any atom is 0.317 e. The normalized spacial score (nSPS) is 28.2. The van der Waals surface area contributed by atoms with Crippen LogP contribution in [0.3, 0.4) is 0 Å². The number of nitrogens with zero attached hydrogens (tertiary/aromatic N) is 1. The Balaban J connectivity index is 2.38. The van der Waals surface area contributed by atoms with Crippen LogP contribution in [0.2, 0.25) is 0 Å². The molecule has 1 rings (SSSR count). The van der Waals surface area contributed by atoms with Crippen LogP contribution in [0.4, 0.5) is 4.79 Å². The lowest BCUT2D eigenvalue weighted by molar-refractivity contribution is 0.206. The highest BCUT2D eigenvalue weighted by atomic mass is 16.2. The molecule has 0 aromatic rings. The van der Waals surface area contributed by atoms with Crippen LogP contribution < -0.4 is 11.1 Å². The first kappa shape index (κ1) is 10.3. The highest BCUT2D eigenvalue weighted by Crippen LogP contribution is 2.16. The van der Waals surface area contributed by atoms with E-state index in [1.807, 2.05) is 0 Å². The predicted molar refractivity (Wildman–Crippen MR) is 52.5 cm³/mol. The van der Waals surface area contributed by atoms with Crippen molar-refractivity contribution >= 4 is 6.03 Å². The molecular weight excluding hydrogens is 166 g/mol. The molecule has 0 aromatic carbocycles. The van der Waals surface area contributed by atoms with Gasteiger partial charge in [-0.2, -0.15) is 0 Å². The second-order valence-electron chi connectivity index (χ2n) is 3.90. The molecule has 4 heteroatoms. The van der Waals surface area contributed by atoms with E-state index >= 15 is 0 Å². The van der Waals surface area contributed by atoms with Crippen molar-refractivity contribution in [3.8, 4) is 0 Å². The quantitative estimate of drug-likeness (QED) is 0.626. The maximum absolute atomic E-state index is 11.3. The van der Waals surface area contributed by atoms with E-state index in [-0.39, 0.29) is 18.1 Å². The van der Waals surface area contributed by atoms with Gasteiger partial charge in [0, 0.05) is 26.2 Å². The van der Waals surface area contributed by atoms with E-state index < -0.39 is 0 Å². The first-order chi connectivity index (χ1) is 6.11. The smallest absolute Gasteiger partial charge is 0.317 e. The molecule has 2 atom stereocenters. The van der Waals surface area contributed by atoms with E-state index in [9.17, 15) is 4.79 Å². The summed E-state index contributed by atoms with van der Waals surface area (Å²) in [5.41, 5.74) is 5.89. The zero-order valence-corrected chi connectivity index (χ0v) is 8.42. The highest BCUT2D eigenvalue weighted by Gasteiger charge is 2.23.